The first-order valence-corrected chi connectivity index (χ1v) is 7.62. The van der Waals surface area contributed by atoms with Gasteiger partial charge in [0.05, 0.1) is 25.4 Å². The standard InChI is InChI=1S/C16H21FN4O/c17-15-12-14(13-18-5-7-21-6-1-4-19-21)2-3-16(15)20-8-10-22-11-9-20/h1-4,6,12,18H,5,7-11,13H2. The van der Waals surface area contributed by atoms with Crippen LogP contribution in [-0.2, 0) is 17.8 Å². The molecule has 22 heavy (non-hydrogen) atoms. The highest BCUT2D eigenvalue weighted by molar-refractivity contribution is 5.49. The van der Waals surface area contributed by atoms with Gasteiger partial charge in [0.15, 0.2) is 0 Å². The zero-order valence-electron chi connectivity index (χ0n) is 12.5. The molecule has 2 aromatic rings. The molecule has 1 fully saturated rings. The second-order valence-electron chi connectivity index (χ2n) is 5.33. The SMILES string of the molecule is Fc1cc(CNCCn2cccn2)ccc1N1CCOCC1. The Kier molecular flexibility index (Phi) is 5.03. The first kappa shape index (κ1) is 15.0. The van der Waals surface area contributed by atoms with Crippen LogP contribution >= 0.6 is 0 Å². The van der Waals surface area contributed by atoms with Gasteiger partial charge >= 0.3 is 0 Å². The Bertz CT molecular complexity index is 582. The van der Waals surface area contributed by atoms with E-state index in [1.165, 1.54) is 0 Å². The number of benzene rings is 1. The maximum atomic E-state index is 14.2. The minimum absolute atomic E-state index is 0.159. The van der Waals surface area contributed by atoms with E-state index in [2.05, 4.69) is 10.4 Å². The molecule has 5 nitrogen and oxygen atoms in total. The topological polar surface area (TPSA) is 42.3 Å². The molecule has 0 saturated carbocycles. The molecule has 0 unspecified atom stereocenters. The molecule has 3 rings (SSSR count). The van der Waals surface area contributed by atoms with Gasteiger partial charge in [0.25, 0.3) is 0 Å². The predicted molar refractivity (Wildman–Crippen MR) is 83.4 cm³/mol. The van der Waals surface area contributed by atoms with E-state index in [0.29, 0.717) is 25.4 Å². The van der Waals surface area contributed by atoms with Gasteiger partial charge in [-0.15, -0.1) is 0 Å². The molecule has 0 amide bonds. The lowest BCUT2D eigenvalue weighted by atomic mass is 10.1. The molecule has 1 aliphatic heterocycles. The summed E-state index contributed by atoms with van der Waals surface area (Å²) in [5, 5.41) is 7.44. The molecule has 6 heteroatoms. The molecule has 1 aromatic carbocycles. The van der Waals surface area contributed by atoms with E-state index in [4.69, 9.17) is 4.74 Å². The van der Waals surface area contributed by atoms with Crippen molar-refractivity contribution in [3.8, 4) is 0 Å². The van der Waals surface area contributed by atoms with E-state index in [0.717, 1.165) is 31.7 Å². The van der Waals surface area contributed by atoms with Crippen LogP contribution in [0.1, 0.15) is 5.56 Å². The Morgan fingerprint density at radius 3 is 2.86 bits per heavy atom. The van der Waals surface area contributed by atoms with Gasteiger partial charge in [-0.05, 0) is 23.8 Å². The molecule has 0 atom stereocenters. The van der Waals surface area contributed by atoms with Crippen LogP contribution in [0.3, 0.4) is 0 Å². The lowest BCUT2D eigenvalue weighted by Gasteiger charge is -2.29. The average Bonchev–Trinajstić information content (AvgIpc) is 3.06. The number of nitrogens with zero attached hydrogens (tertiary/aromatic N) is 3. The Balaban J connectivity index is 1.50. The molecule has 1 aliphatic rings. The predicted octanol–water partition coefficient (Wildman–Crippen LogP) is 1.65. The van der Waals surface area contributed by atoms with E-state index in [1.54, 1.807) is 12.3 Å². The van der Waals surface area contributed by atoms with Crippen LogP contribution in [-0.4, -0.2) is 42.6 Å². The maximum Gasteiger partial charge on any atom is 0.146 e. The number of rotatable bonds is 6. The van der Waals surface area contributed by atoms with Crippen LogP contribution in [0.15, 0.2) is 36.7 Å². The van der Waals surface area contributed by atoms with Crippen molar-refractivity contribution in [1.82, 2.24) is 15.1 Å². The first-order valence-electron chi connectivity index (χ1n) is 7.62. The minimum atomic E-state index is -0.159. The molecule has 118 valence electrons. The summed E-state index contributed by atoms with van der Waals surface area (Å²) < 4.78 is 21.4. The van der Waals surface area contributed by atoms with Crippen molar-refractivity contribution in [3.05, 3.63) is 48.0 Å². The molecule has 1 N–H and O–H groups in total. The summed E-state index contributed by atoms with van der Waals surface area (Å²) in [5.41, 5.74) is 1.62. The molecule has 0 spiro atoms. The Hall–Kier alpha value is -1.92. The van der Waals surface area contributed by atoms with Crippen LogP contribution in [0.5, 0.6) is 0 Å². The molecule has 0 bridgehead atoms. The Labute approximate surface area is 129 Å². The van der Waals surface area contributed by atoms with Crippen LogP contribution < -0.4 is 10.2 Å². The number of ether oxygens (including phenoxy) is 1. The van der Waals surface area contributed by atoms with Crippen LogP contribution in [0.25, 0.3) is 0 Å². The molecule has 1 aromatic heterocycles. The van der Waals surface area contributed by atoms with E-state index in [1.807, 2.05) is 34.0 Å². The molecular weight excluding hydrogens is 283 g/mol. The number of aromatic nitrogens is 2. The number of morpholine rings is 1. The van der Waals surface area contributed by atoms with Crippen LogP contribution in [0, 0.1) is 5.82 Å². The summed E-state index contributed by atoms with van der Waals surface area (Å²) in [6.07, 6.45) is 3.69. The zero-order valence-corrected chi connectivity index (χ0v) is 12.5. The van der Waals surface area contributed by atoms with Gasteiger partial charge in [0, 0.05) is 38.6 Å². The summed E-state index contributed by atoms with van der Waals surface area (Å²) in [5.74, 6) is -0.159. The summed E-state index contributed by atoms with van der Waals surface area (Å²) in [4.78, 5) is 2.04. The monoisotopic (exact) mass is 304 g/mol. The minimum Gasteiger partial charge on any atom is -0.378 e. The average molecular weight is 304 g/mol. The van der Waals surface area contributed by atoms with E-state index in [9.17, 15) is 4.39 Å². The van der Waals surface area contributed by atoms with Gasteiger partial charge in [-0.1, -0.05) is 6.07 Å². The highest BCUT2D eigenvalue weighted by Crippen LogP contribution is 2.21. The van der Waals surface area contributed by atoms with Crippen molar-refractivity contribution in [1.29, 1.82) is 0 Å². The highest BCUT2D eigenvalue weighted by Gasteiger charge is 2.15. The maximum absolute atomic E-state index is 14.2. The van der Waals surface area contributed by atoms with Gasteiger partial charge < -0.3 is 15.0 Å². The van der Waals surface area contributed by atoms with Gasteiger partial charge in [-0.2, -0.15) is 5.10 Å². The van der Waals surface area contributed by atoms with Gasteiger partial charge in [0.2, 0.25) is 0 Å². The summed E-state index contributed by atoms with van der Waals surface area (Å²) in [6.45, 7) is 5.08. The lowest BCUT2D eigenvalue weighted by Crippen LogP contribution is -2.36. The van der Waals surface area contributed by atoms with Crippen molar-refractivity contribution in [2.75, 3.05) is 37.7 Å². The molecule has 2 heterocycles. The van der Waals surface area contributed by atoms with Crippen molar-refractivity contribution in [3.63, 3.8) is 0 Å². The number of nitrogens with one attached hydrogen (secondary N) is 1. The van der Waals surface area contributed by atoms with Crippen molar-refractivity contribution >= 4 is 5.69 Å². The van der Waals surface area contributed by atoms with E-state index in [-0.39, 0.29) is 5.82 Å². The summed E-state index contributed by atoms with van der Waals surface area (Å²) in [6, 6.07) is 7.37. The van der Waals surface area contributed by atoms with Crippen molar-refractivity contribution < 1.29 is 9.13 Å². The van der Waals surface area contributed by atoms with E-state index < -0.39 is 0 Å². The third-order valence-electron chi connectivity index (χ3n) is 3.77. The second-order valence-corrected chi connectivity index (χ2v) is 5.33. The highest BCUT2D eigenvalue weighted by atomic mass is 19.1. The number of hydrogen-bond donors (Lipinski definition) is 1. The van der Waals surface area contributed by atoms with Gasteiger partial charge in [-0.25, -0.2) is 4.39 Å². The molecule has 1 saturated heterocycles. The number of halogens is 1. The summed E-state index contributed by atoms with van der Waals surface area (Å²) >= 11 is 0. The third-order valence-corrected chi connectivity index (χ3v) is 3.77. The lowest BCUT2D eigenvalue weighted by molar-refractivity contribution is 0.122. The molecule has 0 aliphatic carbocycles. The second kappa shape index (κ2) is 7.38. The number of hydrogen-bond acceptors (Lipinski definition) is 4. The van der Waals surface area contributed by atoms with Gasteiger partial charge in [-0.3, -0.25) is 4.68 Å². The van der Waals surface area contributed by atoms with Crippen molar-refractivity contribution in [2.24, 2.45) is 0 Å². The fourth-order valence-corrected chi connectivity index (χ4v) is 2.58. The van der Waals surface area contributed by atoms with Crippen LogP contribution in [0.2, 0.25) is 0 Å². The zero-order chi connectivity index (χ0) is 15.2. The molecule has 0 radical (unpaired) electrons. The third kappa shape index (κ3) is 3.84. The quantitative estimate of drug-likeness (QED) is 0.824. The number of anilines is 1. The van der Waals surface area contributed by atoms with Crippen LogP contribution in [0.4, 0.5) is 10.1 Å². The summed E-state index contributed by atoms with van der Waals surface area (Å²) in [7, 11) is 0. The fraction of sp³-hybridized carbons (Fsp3) is 0.438. The Morgan fingerprint density at radius 1 is 1.27 bits per heavy atom. The first-order chi connectivity index (χ1) is 10.8. The largest absolute Gasteiger partial charge is 0.378 e. The van der Waals surface area contributed by atoms with E-state index >= 15 is 0 Å². The van der Waals surface area contributed by atoms with Crippen molar-refractivity contribution in [2.45, 2.75) is 13.1 Å². The molecular formula is C16H21FN4O. The normalized spacial score (nSPS) is 15.2. The van der Waals surface area contributed by atoms with Gasteiger partial charge in [0.1, 0.15) is 5.82 Å². The smallest absolute Gasteiger partial charge is 0.146 e. The fourth-order valence-electron chi connectivity index (χ4n) is 2.58. The Morgan fingerprint density at radius 2 is 2.14 bits per heavy atom.